The molecule has 0 fully saturated rings. The minimum absolute atomic E-state index is 0.0105. The van der Waals surface area contributed by atoms with E-state index in [1.165, 1.54) is 4.31 Å². The Hall–Kier alpha value is -0.430. The lowest BCUT2D eigenvalue weighted by atomic mass is 10.4. The van der Waals surface area contributed by atoms with Gasteiger partial charge in [-0.05, 0) is 25.3 Å². The second-order valence-electron chi connectivity index (χ2n) is 3.82. The van der Waals surface area contributed by atoms with Crippen LogP contribution in [-0.4, -0.2) is 31.1 Å². The summed E-state index contributed by atoms with van der Waals surface area (Å²) in [5.74, 6) is 0.0105. The van der Waals surface area contributed by atoms with Gasteiger partial charge in [-0.3, -0.25) is 0 Å². The van der Waals surface area contributed by atoms with Crippen LogP contribution in [0.4, 0.5) is 0 Å². The van der Waals surface area contributed by atoms with E-state index < -0.39 is 10.0 Å². The average Bonchev–Trinajstić information content (AvgIpc) is 2.65. The monoisotopic (exact) mass is 262 g/mol. The highest BCUT2D eigenvalue weighted by Gasteiger charge is 2.24. The Balaban J connectivity index is 2.84. The fourth-order valence-electron chi connectivity index (χ4n) is 1.42. The first-order valence-corrected chi connectivity index (χ1v) is 7.68. The fourth-order valence-corrected chi connectivity index (χ4v) is 3.72. The van der Waals surface area contributed by atoms with Crippen LogP contribution in [-0.2, 0) is 16.6 Å². The van der Waals surface area contributed by atoms with E-state index in [2.05, 4.69) is 0 Å². The van der Waals surface area contributed by atoms with Gasteiger partial charge in [0.15, 0.2) is 0 Å². The van der Waals surface area contributed by atoms with E-state index in [1.807, 2.05) is 31.4 Å². The molecular formula is C10H18N2O2S2. The van der Waals surface area contributed by atoms with Gasteiger partial charge in [-0.15, -0.1) is 11.3 Å². The van der Waals surface area contributed by atoms with Crippen LogP contribution in [0.15, 0.2) is 17.5 Å². The van der Waals surface area contributed by atoms with Crippen molar-refractivity contribution in [1.82, 2.24) is 4.31 Å². The minimum Gasteiger partial charge on any atom is -0.329 e. The normalized spacial score (nSPS) is 12.6. The number of hydrogen-bond donors (Lipinski definition) is 1. The number of hydrogen-bond acceptors (Lipinski definition) is 4. The first-order chi connectivity index (χ1) is 7.47. The van der Waals surface area contributed by atoms with Crippen molar-refractivity contribution in [2.75, 3.05) is 12.3 Å². The molecule has 0 saturated carbocycles. The summed E-state index contributed by atoms with van der Waals surface area (Å²) in [5.41, 5.74) is 5.32. The third-order valence-corrected chi connectivity index (χ3v) is 5.08. The summed E-state index contributed by atoms with van der Waals surface area (Å²) in [7, 11) is -3.23. The molecule has 1 aromatic heterocycles. The van der Waals surface area contributed by atoms with Gasteiger partial charge in [0, 0.05) is 24.0 Å². The second-order valence-corrected chi connectivity index (χ2v) is 6.90. The summed E-state index contributed by atoms with van der Waals surface area (Å²) < 4.78 is 25.4. The third kappa shape index (κ3) is 3.55. The van der Waals surface area contributed by atoms with Crippen LogP contribution in [0.25, 0.3) is 0 Å². The lowest BCUT2D eigenvalue weighted by Crippen LogP contribution is -2.39. The fraction of sp³-hybridized carbons (Fsp3) is 0.600. The molecule has 0 atom stereocenters. The average molecular weight is 262 g/mol. The van der Waals surface area contributed by atoms with E-state index in [4.69, 9.17) is 5.73 Å². The molecule has 2 N–H and O–H groups in total. The summed E-state index contributed by atoms with van der Waals surface area (Å²) in [6.07, 6.45) is 0. The van der Waals surface area contributed by atoms with Crippen molar-refractivity contribution in [2.45, 2.75) is 26.4 Å². The smallest absolute Gasteiger partial charge is 0.215 e. The molecule has 0 unspecified atom stereocenters. The zero-order chi connectivity index (χ0) is 12.2. The van der Waals surface area contributed by atoms with Gasteiger partial charge in [0.25, 0.3) is 0 Å². The van der Waals surface area contributed by atoms with Crippen molar-refractivity contribution in [3.63, 3.8) is 0 Å². The second kappa shape index (κ2) is 5.77. The predicted molar refractivity (Wildman–Crippen MR) is 67.8 cm³/mol. The molecule has 0 aromatic carbocycles. The predicted octanol–water partition coefficient (Wildman–Crippen LogP) is 1.25. The number of sulfonamides is 1. The quantitative estimate of drug-likeness (QED) is 0.839. The highest BCUT2D eigenvalue weighted by Crippen LogP contribution is 2.17. The molecule has 6 heteroatoms. The first-order valence-electron chi connectivity index (χ1n) is 5.19. The van der Waals surface area contributed by atoms with E-state index in [9.17, 15) is 8.42 Å². The summed E-state index contributed by atoms with van der Waals surface area (Å²) in [5, 5.41) is 1.95. The number of rotatable bonds is 6. The molecule has 0 saturated heterocycles. The van der Waals surface area contributed by atoms with E-state index in [0.29, 0.717) is 6.54 Å². The molecule has 0 spiro atoms. The largest absolute Gasteiger partial charge is 0.329 e. The highest BCUT2D eigenvalue weighted by molar-refractivity contribution is 7.89. The maximum Gasteiger partial charge on any atom is 0.215 e. The van der Waals surface area contributed by atoms with Gasteiger partial charge >= 0.3 is 0 Å². The third-order valence-electron chi connectivity index (χ3n) is 2.20. The Kier molecular flexibility index (Phi) is 4.91. The zero-order valence-corrected chi connectivity index (χ0v) is 11.2. The number of nitrogens with two attached hydrogens (primary N) is 1. The van der Waals surface area contributed by atoms with Crippen molar-refractivity contribution in [3.05, 3.63) is 22.4 Å². The SMILES string of the molecule is CC(C)N(Cc1cccs1)S(=O)(=O)CCN. The Morgan fingerprint density at radius 3 is 2.62 bits per heavy atom. The van der Waals surface area contributed by atoms with E-state index in [-0.39, 0.29) is 18.3 Å². The maximum atomic E-state index is 11.9. The molecule has 92 valence electrons. The molecule has 4 nitrogen and oxygen atoms in total. The first kappa shape index (κ1) is 13.6. The molecule has 0 aliphatic carbocycles. The van der Waals surface area contributed by atoms with Crippen molar-refractivity contribution in [1.29, 1.82) is 0 Å². The summed E-state index contributed by atoms with van der Waals surface area (Å²) in [6, 6.07) is 3.82. The summed E-state index contributed by atoms with van der Waals surface area (Å²) in [4.78, 5) is 1.05. The maximum absolute atomic E-state index is 11.9. The van der Waals surface area contributed by atoms with Gasteiger partial charge in [-0.25, -0.2) is 8.42 Å². The number of nitrogens with zero attached hydrogens (tertiary/aromatic N) is 1. The Morgan fingerprint density at radius 1 is 1.50 bits per heavy atom. The molecular weight excluding hydrogens is 244 g/mol. The Morgan fingerprint density at radius 2 is 2.19 bits per heavy atom. The molecule has 16 heavy (non-hydrogen) atoms. The standard InChI is InChI=1S/C10H18N2O2S2/c1-9(2)12(16(13,14)7-5-11)8-10-4-3-6-15-10/h3-4,6,9H,5,7-8,11H2,1-2H3. The van der Waals surface area contributed by atoms with Crippen molar-refractivity contribution in [3.8, 4) is 0 Å². The topological polar surface area (TPSA) is 63.4 Å². The van der Waals surface area contributed by atoms with E-state index >= 15 is 0 Å². The van der Waals surface area contributed by atoms with Gasteiger partial charge in [-0.1, -0.05) is 6.07 Å². The van der Waals surface area contributed by atoms with Crippen LogP contribution in [0, 0.1) is 0 Å². The summed E-state index contributed by atoms with van der Waals surface area (Å²) in [6.45, 7) is 4.36. The molecule has 1 heterocycles. The minimum atomic E-state index is -3.23. The van der Waals surface area contributed by atoms with Gasteiger partial charge in [-0.2, -0.15) is 4.31 Å². The summed E-state index contributed by atoms with van der Waals surface area (Å²) >= 11 is 1.57. The van der Waals surface area contributed by atoms with Crippen LogP contribution in [0.1, 0.15) is 18.7 Å². The molecule has 0 aliphatic heterocycles. The van der Waals surface area contributed by atoms with Crippen LogP contribution in [0.5, 0.6) is 0 Å². The van der Waals surface area contributed by atoms with Crippen molar-refractivity contribution in [2.24, 2.45) is 5.73 Å². The highest BCUT2D eigenvalue weighted by atomic mass is 32.2. The van der Waals surface area contributed by atoms with Crippen molar-refractivity contribution < 1.29 is 8.42 Å². The molecule has 1 rings (SSSR count). The van der Waals surface area contributed by atoms with Gasteiger partial charge in [0.2, 0.25) is 10.0 Å². The lowest BCUT2D eigenvalue weighted by molar-refractivity contribution is 0.351. The zero-order valence-electron chi connectivity index (χ0n) is 9.59. The van der Waals surface area contributed by atoms with Crippen molar-refractivity contribution >= 4 is 21.4 Å². The molecule has 0 bridgehead atoms. The van der Waals surface area contributed by atoms with Crippen LogP contribution < -0.4 is 5.73 Å². The molecule has 0 amide bonds. The lowest BCUT2D eigenvalue weighted by Gasteiger charge is -2.25. The van der Waals surface area contributed by atoms with Gasteiger partial charge in [0.1, 0.15) is 0 Å². The van der Waals surface area contributed by atoms with Crippen LogP contribution in [0.3, 0.4) is 0 Å². The number of thiophene rings is 1. The Bertz CT molecular complexity index is 398. The van der Waals surface area contributed by atoms with E-state index in [0.717, 1.165) is 4.88 Å². The van der Waals surface area contributed by atoms with Crippen LogP contribution >= 0.6 is 11.3 Å². The van der Waals surface area contributed by atoms with Gasteiger partial charge in [0.05, 0.1) is 5.75 Å². The van der Waals surface area contributed by atoms with Crippen LogP contribution in [0.2, 0.25) is 0 Å². The molecule has 0 aliphatic rings. The van der Waals surface area contributed by atoms with E-state index in [1.54, 1.807) is 11.3 Å². The molecule has 0 radical (unpaired) electrons. The molecule has 1 aromatic rings. The Labute approximate surface area is 101 Å². The van der Waals surface area contributed by atoms with Gasteiger partial charge < -0.3 is 5.73 Å².